The minimum atomic E-state index is -4.43. The molecule has 0 saturated carbocycles. The second kappa shape index (κ2) is 13.5. The molecule has 3 N–H and O–H groups in total. The normalized spacial score (nSPS) is 20.0. The van der Waals surface area contributed by atoms with Gasteiger partial charge in [0.05, 0.1) is 30.0 Å². The Hall–Kier alpha value is -4.90. The van der Waals surface area contributed by atoms with Crippen LogP contribution >= 0.6 is 0 Å². The van der Waals surface area contributed by atoms with Crippen LogP contribution in [0.3, 0.4) is 0 Å². The van der Waals surface area contributed by atoms with E-state index in [0.29, 0.717) is 29.0 Å². The molecule has 3 aromatic heterocycles. The van der Waals surface area contributed by atoms with Crippen LogP contribution in [0, 0.1) is 30.6 Å². The van der Waals surface area contributed by atoms with E-state index >= 15 is 0 Å². The highest BCUT2D eigenvalue weighted by atomic mass is 19.4. The van der Waals surface area contributed by atoms with Crippen molar-refractivity contribution in [2.24, 2.45) is 11.8 Å². The summed E-state index contributed by atoms with van der Waals surface area (Å²) < 4.78 is 46.3. The van der Waals surface area contributed by atoms with E-state index in [-0.39, 0.29) is 5.70 Å². The molecule has 49 heavy (non-hydrogen) atoms. The third-order valence-corrected chi connectivity index (χ3v) is 9.34. The second-order valence-corrected chi connectivity index (χ2v) is 12.9. The Morgan fingerprint density at radius 1 is 1.10 bits per heavy atom. The number of carbonyl (C=O) groups is 1. The molecule has 2 atom stereocenters. The van der Waals surface area contributed by atoms with E-state index in [2.05, 4.69) is 47.7 Å². The number of nitrogens with one attached hydrogen (secondary N) is 3. The van der Waals surface area contributed by atoms with E-state index in [0.717, 1.165) is 74.7 Å². The Bertz CT molecular complexity index is 1970. The molecule has 254 valence electrons. The summed E-state index contributed by atoms with van der Waals surface area (Å²) in [6.45, 7) is 7.82. The topological polar surface area (TPSA) is 94.8 Å². The average molecular weight is 670 g/mol. The Labute approximate surface area is 282 Å². The number of alkyl halides is 3. The van der Waals surface area contributed by atoms with Gasteiger partial charge in [0.15, 0.2) is 11.5 Å². The predicted octanol–water partition coefficient (Wildman–Crippen LogP) is 4.31. The highest BCUT2D eigenvalue weighted by Gasteiger charge is 2.44. The van der Waals surface area contributed by atoms with Crippen molar-refractivity contribution in [2.45, 2.75) is 26.2 Å². The average Bonchev–Trinajstić information content (AvgIpc) is 3.70. The molecule has 0 spiro atoms. The first kappa shape index (κ1) is 32.6. The van der Waals surface area contributed by atoms with Gasteiger partial charge in [0, 0.05) is 80.8 Å². The van der Waals surface area contributed by atoms with Crippen molar-refractivity contribution < 1.29 is 18.0 Å². The van der Waals surface area contributed by atoms with E-state index in [1.165, 1.54) is 0 Å². The quantitative estimate of drug-likeness (QED) is 0.264. The van der Waals surface area contributed by atoms with Gasteiger partial charge in [-0.15, -0.1) is 0 Å². The fraction of sp³-hybridized carbons (Fsp3) is 0.361. The summed E-state index contributed by atoms with van der Waals surface area (Å²) in [5, 5.41) is 14.1. The number of carbonyl (C=O) groups excluding carboxylic acids is 1. The molecule has 1 fully saturated rings. The summed E-state index contributed by atoms with van der Waals surface area (Å²) in [6.07, 6.45) is 3.44. The SMILES string of the molecule is Cc1ccc(C(=O)NC2=CC(C(F)(F)F)C(CN3CCN(C)CC3)C=C2)cc1C#Cc1cnc2c(Nc3cc4n(n3)CCNC4)cccn12. The highest BCUT2D eigenvalue weighted by Crippen LogP contribution is 2.37. The van der Waals surface area contributed by atoms with Crippen LogP contribution in [0.15, 0.2) is 72.7 Å². The lowest BCUT2D eigenvalue weighted by Gasteiger charge is -2.37. The van der Waals surface area contributed by atoms with Crippen LogP contribution in [0.1, 0.15) is 32.9 Å². The molecule has 1 aromatic carbocycles. The maximum atomic E-state index is 14.2. The molecule has 10 nitrogen and oxygen atoms in total. The van der Waals surface area contributed by atoms with Gasteiger partial charge in [-0.3, -0.25) is 13.9 Å². The van der Waals surface area contributed by atoms with Gasteiger partial charge in [0.2, 0.25) is 0 Å². The number of likely N-dealkylation sites (N-methyl/N-ethyl adjacent to an activating group) is 1. The number of amides is 1. The number of piperazine rings is 1. The minimum Gasteiger partial charge on any atom is -0.336 e. The number of benzene rings is 1. The van der Waals surface area contributed by atoms with Gasteiger partial charge in [-0.05, 0) is 61.9 Å². The van der Waals surface area contributed by atoms with Crippen molar-refractivity contribution in [1.82, 2.24) is 39.6 Å². The Balaban J connectivity index is 1.06. The molecule has 3 aliphatic rings. The van der Waals surface area contributed by atoms with Crippen LogP contribution in [0.4, 0.5) is 24.7 Å². The first-order valence-corrected chi connectivity index (χ1v) is 16.4. The van der Waals surface area contributed by atoms with E-state index in [4.69, 9.17) is 0 Å². The Morgan fingerprint density at radius 2 is 1.94 bits per heavy atom. The first-order valence-electron chi connectivity index (χ1n) is 16.4. The van der Waals surface area contributed by atoms with Crippen molar-refractivity contribution in [3.05, 3.63) is 101 Å². The van der Waals surface area contributed by atoms with Crippen LogP contribution < -0.4 is 16.0 Å². The molecule has 5 heterocycles. The van der Waals surface area contributed by atoms with Crippen LogP contribution in [0.25, 0.3) is 5.65 Å². The van der Waals surface area contributed by atoms with Gasteiger partial charge in [-0.25, -0.2) is 4.98 Å². The van der Waals surface area contributed by atoms with E-state index in [1.807, 2.05) is 47.4 Å². The summed E-state index contributed by atoms with van der Waals surface area (Å²) in [5.74, 6) is 4.18. The molecule has 1 aliphatic carbocycles. The molecule has 7 rings (SSSR count). The smallest absolute Gasteiger partial charge is 0.336 e. The molecule has 4 aromatic rings. The lowest BCUT2D eigenvalue weighted by Crippen LogP contribution is -2.47. The fourth-order valence-electron chi connectivity index (χ4n) is 6.47. The zero-order valence-electron chi connectivity index (χ0n) is 27.4. The molecule has 2 aliphatic heterocycles. The van der Waals surface area contributed by atoms with Gasteiger partial charge in [-0.2, -0.15) is 18.3 Å². The molecular weight excluding hydrogens is 631 g/mol. The fourth-order valence-corrected chi connectivity index (χ4v) is 6.47. The highest BCUT2D eigenvalue weighted by molar-refractivity contribution is 5.96. The zero-order valence-corrected chi connectivity index (χ0v) is 27.4. The third-order valence-electron chi connectivity index (χ3n) is 9.34. The summed E-state index contributed by atoms with van der Waals surface area (Å²) >= 11 is 0. The van der Waals surface area contributed by atoms with Gasteiger partial charge >= 0.3 is 6.18 Å². The zero-order chi connectivity index (χ0) is 34.1. The van der Waals surface area contributed by atoms with Crippen LogP contribution in [0.2, 0.25) is 0 Å². The minimum absolute atomic E-state index is 0.137. The predicted molar refractivity (Wildman–Crippen MR) is 181 cm³/mol. The number of hydrogen-bond donors (Lipinski definition) is 3. The molecule has 2 unspecified atom stereocenters. The molecule has 1 saturated heterocycles. The van der Waals surface area contributed by atoms with Gasteiger partial charge in [-0.1, -0.05) is 18.1 Å². The molecule has 0 radical (unpaired) electrons. The monoisotopic (exact) mass is 669 g/mol. The number of rotatable bonds is 6. The number of aromatic nitrogens is 4. The number of anilines is 2. The number of hydrogen-bond acceptors (Lipinski definition) is 7. The third kappa shape index (κ3) is 7.27. The molecular formula is C36H38F3N9O. The first-order chi connectivity index (χ1) is 23.6. The van der Waals surface area contributed by atoms with Crippen molar-refractivity contribution in [1.29, 1.82) is 0 Å². The second-order valence-electron chi connectivity index (χ2n) is 12.9. The number of pyridine rings is 1. The number of fused-ring (bicyclic) bond motifs is 2. The van der Waals surface area contributed by atoms with Crippen molar-refractivity contribution in [2.75, 3.05) is 51.6 Å². The largest absolute Gasteiger partial charge is 0.395 e. The number of halogens is 3. The summed E-state index contributed by atoms with van der Waals surface area (Å²) in [5.41, 5.74) is 5.18. The van der Waals surface area contributed by atoms with Crippen LogP contribution in [-0.2, 0) is 13.1 Å². The maximum Gasteiger partial charge on any atom is 0.395 e. The Kier molecular flexibility index (Phi) is 9.02. The summed E-state index contributed by atoms with van der Waals surface area (Å²) in [6, 6.07) is 11.0. The lowest BCUT2D eigenvalue weighted by atomic mass is 9.86. The van der Waals surface area contributed by atoms with Crippen LogP contribution in [0.5, 0.6) is 0 Å². The van der Waals surface area contributed by atoms with Crippen molar-refractivity contribution >= 4 is 23.1 Å². The Morgan fingerprint density at radius 3 is 2.73 bits per heavy atom. The van der Waals surface area contributed by atoms with Crippen molar-refractivity contribution in [3.8, 4) is 11.8 Å². The van der Waals surface area contributed by atoms with E-state index < -0.39 is 23.9 Å². The number of aryl methyl sites for hydroxylation is 1. The van der Waals surface area contributed by atoms with Gasteiger partial charge in [0.1, 0.15) is 5.69 Å². The van der Waals surface area contributed by atoms with Crippen molar-refractivity contribution in [3.63, 3.8) is 0 Å². The standard InChI is InChI=1S/C36H38F3N9O/c1-24-5-6-26(35(49)42-28-9-7-27(31(19-28)36(37,38)39)23-46-16-14-45(2)15-17-46)18-25(24)8-10-29-22-41-34-32(4-3-12-47(29)34)43-33-20-30-21-40-11-13-48(30)44-33/h3-7,9,12,18-20,22,27,31,40H,11,13-17,21,23H2,1-2H3,(H,42,49)(H,43,44). The number of allylic oxidation sites excluding steroid dienone is 2. The maximum absolute atomic E-state index is 14.2. The van der Waals surface area contributed by atoms with E-state index in [9.17, 15) is 18.0 Å². The van der Waals surface area contributed by atoms with Gasteiger partial charge in [0.25, 0.3) is 5.91 Å². The van der Waals surface area contributed by atoms with Gasteiger partial charge < -0.3 is 25.8 Å². The number of nitrogens with zero attached hydrogens (tertiary/aromatic N) is 6. The summed E-state index contributed by atoms with van der Waals surface area (Å²) in [7, 11) is 2.01. The lowest BCUT2D eigenvalue weighted by molar-refractivity contribution is -0.172. The van der Waals surface area contributed by atoms with Crippen LogP contribution in [-0.4, -0.2) is 87.4 Å². The molecule has 13 heteroatoms. The van der Waals surface area contributed by atoms with E-state index in [1.54, 1.807) is 36.5 Å². The number of imidazole rings is 1. The summed E-state index contributed by atoms with van der Waals surface area (Å²) in [4.78, 5) is 22.1. The molecule has 0 bridgehead atoms. The molecule has 1 amide bonds.